The van der Waals surface area contributed by atoms with Crippen LogP contribution in [0.25, 0.3) is 0 Å². The van der Waals surface area contributed by atoms with Gasteiger partial charge in [0.1, 0.15) is 11.4 Å². The van der Waals surface area contributed by atoms with Gasteiger partial charge in [-0.05, 0) is 91.3 Å². The van der Waals surface area contributed by atoms with Gasteiger partial charge in [0.2, 0.25) is 11.8 Å². The lowest BCUT2D eigenvalue weighted by atomic mass is 9.87. The highest BCUT2D eigenvalue weighted by molar-refractivity contribution is 6.04. The van der Waals surface area contributed by atoms with Gasteiger partial charge in [0.15, 0.2) is 5.60 Å². The third-order valence-corrected chi connectivity index (χ3v) is 8.71. The molecule has 1 aromatic carbocycles. The number of rotatable bonds is 10. The number of carbonyl (C=O) groups excluding carboxylic acids is 4. The highest BCUT2D eigenvalue weighted by Crippen LogP contribution is 2.43. The van der Waals surface area contributed by atoms with Gasteiger partial charge >= 0.3 is 6.09 Å². The van der Waals surface area contributed by atoms with Crippen LogP contribution in [0.1, 0.15) is 81.1 Å². The zero-order chi connectivity index (χ0) is 33.3. The van der Waals surface area contributed by atoms with E-state index in [1.165, 1.54) is 4.90 Å². The molecule has 1 saturated carbocycles. The second-order valence-electron chi connectivity index (χ2n) is 14.6. The molecule has 0 spiro atoms. The maximum absolute atomic E-state index is 14.4. The van der Waals surface area contributed by atoms with Crippen LogP contribution in [0.4, 0.5) is 16.2 Å². The summed E-state index contributed by atoms with van der Waals surface area (Å²) >= 11 is 0. The molecule has 11 heteroatoms. The number of amides is 4. The molecule has 250 valence electrons. The second kappa shape index (κ2) is 13.6. The summed E-state index contributed by atoms with van der Waals surface area (Å²) in [4.78, 5) is 59.6. The number of carbonyl (C=O) groups is 4. The Morgan fingerprint density at radius 1 is 1.11 bits per heavy atom. The highest BCUT2D eigenvalue weighted by Gasteiger charge is 2.45. The van der Waals surface area contributed by atoms with Crippen LogP contribution >= 0.6 is 0 Å². The summed E-state index contributed by atoms with van der Waals surface area (Å²) < 4.78 is 17.0. The SMILES string of the molecule is COCCCN1C(=O)C(C)(C)Oc2ccc(N(C(=O)[C@@H]3C[C@H](C(=O)N[C@@H](C)C(C)C)CN(C(=O)OC(C)(C)C)C3)C3CC3)cc21. The number of anilines is 2. The van der Waals surface area contributed by atoms with E-state index in [1.807, 2.05) is 39.0 Å². The van der Waals surface area contributed by atoms with Crippen molar-refractivity contribution >= 4 is 35.2 Å². The lowest BCUT2D eigenvalue weighted by Gasteiger charge is -2.40. The predicted octanol–water partition coefficient (Wildman–Crippen LogP) is 4.76. The van der Waals surface area contributed by atoms with E-state index in [4.69, 9.17) is 14.2 Å². The number of likely N-dealkylation sites (tertiary alicyclic amines) is 1. The van der Waals surface area contributed by atoms with Crippen LogP contribution in [0, 0.1) is 17.8 Å². The van der Waals surface area contributed by atoms with Gasteiger partial charge in [0.25, 0.3) is 5.91 Å². The van der Waals surface area contributed by atoms with E-state index in [-0.39, 0.29) is 48.8 Å². The van der Waals surface area contributed by atoms with Crippen molar-refractivity contribution in [3.8, 4) is 5.75 Å². The summed E-state index contributed by atoms with van der Waals surface area (Å²) in [5.74, 6) is -0.820. The van der Waals surface area contributed by atoms with Gasteiger partial charge in [-0.25, -0.2) is 4.79 Å². The summed E-state index contributed by atoms with van der Waals surface area (Å²) in [5.41, 5.74) is -0.461. The first-order valence-electron chi connectivity index (χ1n) is 16.3. The normalized spacial score (nSPS) is 22.0. The van der Waals surface area contributed by atoms with Gasteiger partial charge < -0.3 is 34.2 Å². The number of piperidine rings is 1. The fourth-order valence-electron chi connectivity index (χ4n) is 5.79. The van der Waals surface area contributed by atoms with Gasteiger partial charge in [-0.3, -0.25) is 14.4 Å². The molecule has 1 aliphatic carbocycles. The summed E-state index contributed by atoms with van der Waals surface area (Å²) in [6, 6.07) is 5.48. The maximum Gasteiger partial charge on any atom is 0.410 e. The minimum absolute atomic E-state index is 0.000661. The van der Waals surface area contributed by atoms with E-state index in [0.717, 1.165) is 12.8 Å². The Bertz CT molecular complexity index is 1270. The molecule has 0 radical (unpaired) electrons. The Morgan fingerprint density at radius 3 is 2.38 bits per heavy atom. The smallest absolute Gasteiger partial charge is 0.410 e. The zero-order valence-electron chi connectivity index (χ0n) is 28.5. The number of hydrogen-bond acceptors (Lipinski definition) is 7. The number of benzene rings is 1. The number of nitrogens with one attached hydrogen (secondary N) is 1. The van der Waals surface area contributed by atoms with Crippen LogP contribution in [-0.2, 0) is 23.9 Å². The minimum Gasteiger partial charge on any atom is -0.476 e. The largest absolute Gasteiger partial charge is 0.476 e. The highest BCUT2D eigenvalue weighted by atomic mass is 16.6. The minimum atomic E-state index is -1.02. The Kier molecular flexibility index (Phi) is 10.4. The third-order valence-electron chi connectivity index (χ3n) is 8.71. The van der Waals surface area contributed by atoms with E-state index in [9.17, 15) is 19.2 Å². The maximum atomic E-state index is 14.4. The molecule has 4 amide bonds. The van der Waals surface area contributed by atoms with Gasteiger partial charge in [0, 0.05) is 51.1 Å². The van der Waals surface area contributed by atoms with Crippen molar-refractivity contribution in [2.45, 2.75) is 104 Å². The molecule has 2 fully saturated rings. The average Bonchev–Trinajstić information content (AvgIpc) is 3.79. The Labute approximate surface area is 267 Å². The molecule has 1 aromatic rings. The summed E-state index contributed by atoms with van der Waals surface area (Å²) in [5, 5.41) is 3.08. The van der Waals surface area contributed by atoms with E-state index in [1.54, 1.807) is 51.5 Å². The van der Waals surface area contributed by atoms with E-state index in [0.29, 0.717) is 43.1 Å². The van der Waals surface area contributed by atoms with Crippen molar-refractivity contribution < 1.29 is 33.4 Å². The Hall–Kier alpha value is -3.34. The molecule has 3 aliphatic rings. The molecule has 0 bridgehead atoms. The summed E-state index contributed by atoms with van der Waals surface area (Å²) in [6.07, 6.45) is 2.13. The average molecular weight is 629 g/mol. The zero-order valence-corrected chi connectivity index (χ0v) is 28.5. The standard InChI is InChI=1S/C34H52N4O7/c1-21(2)22(3)35-29(39)23-17-24(20-36(19-23)32(42)45-33(4,5)6)30(40)38(25-11-12-25)26-13-14-28-27(18-26)37(15-10-16-43-9)31(41)34(7,8)44-28/h13-14,18,21-25H,10-12,15-17,19-20H2,1-9H3,(H,35,39)/t22-,23-,24+/m0/s1. The number of methoxy groups -OCH3 is 1. The topological polar surface area (TPSA) is 118 Å². The quantitative estimate of drug-likeness (QED) is 0.372. The molecular weight excluding hydrogens is 576 g/mol. The van der Waals surface area contributed by atoms with Crippen LogP contribution in [0.5, 0.6) is 5.75 Å². The molecule has 0 aromatic heterocycles. The number of ether oxygens (including phenoxy) is 3. The fraction of sp³-hybridized carbons (Fsp3) is 0.706. The fourth-order valence-corrected chi connectivity index (χ4v) is 5.79. The van der Waals surface area contributed by atoms with Gasteiger partial charge in [-0.15, -0.1) is 0 Å². The van der Waals surface area contributed by atoms with Crippen LogP contribution in [-0.4, -0.2) is 85.4 Å². The Morgan fingerprint density at radius 2 is 1.78 bits per heavy atom. The molecule has 4 rings (SSSR count). The first-order chi connectivity index (χ1) is 21.0. The first kappa shape index (κ1) is 34.5. The van der Waals surface area contributed by atoms with E-state index in [2.05, 4.69) is 5.32 Å². The van der Waals surface area contributed by atoms with Crippen LogP contribution < -0.4 is 19.9 Å². The van der Waals surface area contributed by atoms with E-state index >= 15 is 0 Å². The molecule has 45 heavy (non-hydrogen) atoms. The molecule has 3 atom stereocenters. The van der Waals surface area contributed by atoms with Crippen molar-refractivity contribution in [3.63, 3.8) is 0 Å². The van der Waals surface area contributed by atoms with Gasteiger partial charge in [-0.2, -0.15) is 0 Å². The Balaban J connectivity index is 1.64. The molecule has 2 heterocycles. The monoisotopic (exact) mass is 628 g/mol. The van der Waals surface area contributed by atoms with Crippen LogP contribution in [0.15, 0.2) is 18.2 Å². The van der Waals surface area contributed by atoms with Gasteiger partial charge in [0.05, 0.1) is 17.5 Å². The molecule has 2 aliphatic heterocycles. The lowest BCUT2D eigenvalue weighted by Crippen LogP contribution is -2.54. The van der Waals surface area contributed by atoms with Crippen molar-refractivity contribution in [2.75, 3.05) is 43.2 Å². The lowest BCUT2D eigenvalue weighted by molar-refractivity contribution is -0.133. The van der Waals surface area contributed by atoms with E-state index < -0.39 is 29.1 Å². The second-order valence-corrected chi connectivity index (χ2v) is 14.6. The third kappa shape index (κ3) is 8.28. The molecule has 1 saturated heterocycles. The van der Waals surface area contributed by atoms with Crippen molar-refractivity contribution in [2.24, 2.45) is 17.8 Å². The number of hydrogen-bond donors (Lipinski definition) is 1. The molecule has 1 N–H and O–H groups in total. The summed E-state index contributed by atoms with van der Waals surface area (Å²) in [7, 11) is 1.63. The summed E-state index contributed by atoms with van der Waals surface area (Å²) in [6.45, 7) is 16.2. The predicted molar refractivity (Wildman–Crippen MR) is 172 cm³/mol. The van der Waals surface area contributed by atoms with Crippen LogP contribution in [0.3, 0.4) is 0 Å². The molecule has 0 unspecified atom stereocenters. The molecule has 11 nitrogen and oxygen atoms in total. The first-order valence-corrected chi connectivity index (χ1v) is 16.3. The number of fused-ring (bicyclic) bond motifs is 1. The van der Waals surface area contributed by atoms with Crippen molar-refractivity contribution in [1.29, 1.82) is 0 Å². The van der Waals surface area contributed by atoms with Gasteiger partial charge in [-0.1, -0.05) is 13.8 Å². The number of nitrogens with zero attached hydrogens (tertiary/aromatic N) is 3. The van der Waals surface area contributed by atoms with Crippen molar-refractivity contribution in [1.82, 2.24) is 10.2 Å². The molecular formula is C34H52N4O7. The van der Waals surface area contributed by atoms with Crippen LogP contribution in [0.2, 0.25) is 0 Å². The van der Waals surface area contributed by atoms with Crippen molar-refractivity contribution in [3.05, 3.63) is 18.2 Å².